The van der Waals surface area contributed by atoms with Gasteiger partial charge in [-0.05, 0) is 30.9 Å². The van der Waals surface area contributed by atoms with Crippen LogP contribution in [0.2, 0.25) is 0 Å². The summed E-state index contributed by atoms with van der Waals surface area (Å²) in [4.78, 5) is 0. The number of para-hydroxylation sites is 1. The number of rotatable bonds is 2. The van der Waals surface area contributed by atoms with Crippen molar-refractivity contribution in [3.8, 4) is 0 Å². The summed E-state index contributed by atoms with van der Waals surface area (Å²) in [5.41, 5.74) is 5.42. The molecule has 1 heterocycles. The van der Waals surface area contributed by atoms with Crippen molar-refractivity contribution >= 4 is 5.69 Å². The third-order valence-electron chi connectivity index (χ3n) is 2.43. The SMILES string of the molecule is C=C(C)Cc1cccc2c1NCC2. The van der Waals surface area contributed by atoms with Crippen molar-refractivity contribution in [1.29, 1.82) is 0 Å². The molecule has 0 aliphatic carbocycles. The molecule has 0 aromatic heterocycles. The van der Waals surface area contributed by atoms with Gasteiger partial charge in [0.05, 0.1) is 0 Å². The quantitative estimate of drug-likeness (QED) is 0.678. The summed E-state index contributed by atoms with van der Waals surface area (Å²) in [5, 5.41) is 3.43. The third-order valence-corrected chi connectivity index (χ3v) is 2.43. The van der Waals surface area contributed by atoms with E-state index in [4.69, 9.17) is 0 Å². The van der Waals surface area contributed by atoms with Crippen molar-refractivity contribution in [1.82, 2.24) is 0 Å². The van der Waals surface area contributed by atoms with Crippen LogP contribution < -0.4 is 5.32 Å². The molecule has 1 aliphatic heterocycles. The Hall–Kier alpha value is -1.24. The second-order valence-electron chi connectivity index (χ2n) is 3.76. The molecule has 0 fully saturated rings. The summed E-state index contributed by atoms with van der Waals surface area (Å²) in [6.45, 7) is 7.11. The Morgan fingerprint density at radius 2 is 2.38 bits per heavy atom. The van der Waals surface area contributed by atoms with E-state index in [1.54, 1.807) is 0 Å². The Morgan fingerprint density at radius 1 is 1.54 bits per heavy atom. The lowest BCUT2D eigenvalue weighted by molar-refractivity contribution is 1.11. The van der Waals surface area contributed by atoms with Gasteiger partial charge in [-0.1, -0.05) is 30.4 Å². The van der Waals surface area contributed by atoms with Gasteiger partial charge in [-0.3, -0.25) is 0 Å². The summed E-state index contributed by atoms with van der Waals surface area (Å²) < 4.78 is 0. The average molecular weight is 173 g/mol. The van der Waals surface area contributed by atoms with Gasteiger partial charge in [0.15, 0.2) is 0 Å². The van der Waals surface area contributed by atoms with Crippen LogP contribution in [0.5, 0.6) is 0 Å². The summed E-state index contributed by atoms with van der Waals surface area (Å²) >= 11 is 0. The summed E-state index contributed by atoms with van der Waals surface area (Å²) in [6, 6.07) is 6.53. The minimum atomic E-state index is 0.996. The highest BCUT2D eigenvalue weighted by Gasteiger charge is 2.12. The zero-order valence-electron chi connectivity index (χ0n) is 8.06. The van der Waals surface area contributed by atoms with E-state index >= 15 is 0 Å². The predicted octanol–water partition coefficient (Wildman–Crippen LogP) is 2.77. The molecule has 1 aromatic carbocycles. The van der Waals surface area contributed by atoms with Crippen LogP contribution in [0.4, 0.5) is 5.69 Å². The first-order chi connectivity index (χ1) is 6.27. The fourth-order valence-corrected chi connectivity index (χ4v) is 1.88. The minimum Gasteiger partial charge on any atom is -0.384 e. The minimum absolute atomic E-state index is 0.996. The van der Waals surface area contributed by atoms with E-state index in [-0.39, 0.29) is 0 Å². The number of anilines is 1. The van der Waals surface area contributed by atoms with Crippen LogP contribution in [-0.4, -0.2) is 6.54 Å². The van der Waals surface area contributed by atoms with Gasteiger partial charge in [-0.2, -0.15) is 0 Å². The lowest BCUT2D eigenvalue weighted by Crippen LogP contribution is -1.96. The Bertz CT molecular complexity index is 339. The van der Waals surface area contributed by atoms with Gasteiger partial charge in [-0.15, -0.1) is 0 Å². The Balaban J connectivity index is 2.36. The molecule has 0 radical (unpaired) electrons. The number of benzene rings is 1. The van der Waals surface area contributed by atoms with Crippen molar-refractivity contribution in [2.24, 2.45) is 0 Å². The van der Waals surface area contributed by atoms with Crippen molar-refractivity contribution in [3.63, 3.8) is 0 Å². The van der Waals surface area contributed by atoms with Gasteiger partial charge in [0.1, 0.15) is 0 Å². The molecule has 1 aromatic rings. The number of hydrogen-bond donors (Lipinski definition) is 1. The van der Waals surface area contributed by atoms with Crippen molar-refractivity contribution in [2.75, 3.05) is 11.9 Å². The van der Waals surface area contributed by atoms with E-state index in [1.807, 2.05) is 0 Å². The molecule has 1 aliphatic rings. The molecule has 0 amide bonds. The van der Waals surface area contributed by atoms with Crippen LogP contribution in [-0.2, 0) is 12.8 Å². The Kier molecular flexibility index (Phi) is 2.09. The first-order valence-corrected chi connectivity index (χ1v) is 4.76. The molecule has 0 bridgehead atoms. The summed E-state index contributed by atoms with van der Waals surface area (Å²) in [7, 11) is 0. The van der Waals surface area contributed by atoms with Gasteiger partial charge in [0.25, 0.3) is 0 Å². The monoisotopic (exact) mass is 173 g/mol. The highest BCUT2D eigenvalue weighted by Crippen LogP contribution is 2.27. The van der Waals surface area contributed by atoms with E-state index in [9.17, 15) is 0 Å². The summed E-state index contributed by atoms with van der Waals surface area (Å²) in [6.07, 6.45) is 2.16. The van der Waals surface area contributed by atoms with E-state index in [0.29, 0.717) is 0 Å². The van der Waals surface area contributed by atoms with Crippen molar-refractivity contribution < 1.29 is 0 Å². The first-order valence-electron chi connectivity index (χ1n) is 4.76. The van der Waals surface area contributed by atoms with Gasteiger partial charge in [0.2, 0.25) is 0 Å². The van der Waals surface area contributed by atoms with Crippen molar-refractivity contribution in [2.45, 2.75) is 19.8 Å². The van der Waals surface area contributed by atoms with E-state index in [2.05, 4.69) is 37.0 Å². The number of allylic oxidation sites excluding steroid dienone is 1. The van der Waals surface area contributed by atoms with Gasteiger partial charge < -0.3 is 5.32 Å². The van der Waals surface area contributed by atoms with Crippen LogP contribution in [0, 0.1) is 0 Å². The van der Waals surface area contributed by atoms with Gasteiger partial charge in [0, 0.05) is 12.2 Å². The molecular formula is C12H15N. The fourth-order valence-electron chi connectivity index (χ4n) is 1.88. The molecule has 1 heteroatoms. The molecule has 68 valence electrons. The standard InChI is InChI=1S/C12H15N/c1-9(2)8-11-5-3-4-10-6-7-13-12(10)11/h3-5,13H,1,6-8H2,2H3. The average Bonchev–Trinajstić information content (AvgIpc) is 2.51. The van der Waals surface area contributed by atoms with Crippen LogP contribution in [0.3, 0.4) is 0 Å². The van der Waals surface area contributed by atoms with Crippen LogP contribution in [0.15, 0.2) is 30.4 Å². The highest BCUT2D eigenvalue weighted by atomic mass is 14.9. The normalized spacial score (nSPS) is 13.6. The van der Waals surface area contributed by atoms with Gasteiger partial charge >= 0.3 is 0 Å². The Labute approximate surface area is 79.5 Å². The highest BCUT2D eigenvalue weighted by molar-refractivity contribution is 5.61. The lowest BCUT2D eigenvalue weighted by atomic mass is 10.0. The zero-order chi connectivity index (χ0) is 9.26. The van der Waals surface area contributed by atoms with Crippen molar-refractivity contribution in [3.05, 3.63) is 41.5 Å². The second-order valence-corrected chi connectivity index (χ2v) is 3.76. The number of hydrogen-bond acceptors (Lipinski definition) is 1. The molecule has 0 spiro atoms. The van der Waals surface area contributed by atoms with E-state index < -0.39 is 0 Å². The summed E-state index contributed by atoms with van der Waals surface area (Å²) in [5.74, 6) is 0. The maximum Gasteiger partial charge on any atom is 0.0409 e. The number of nitrogens with one attached hydrogen (secondary N) is 1. The molecule has 0 saturated carbocycles. The predicted molar refractivity (Wildman–Crippen MR) is 57.2 cm³/mol. The smallest absolute Gasteiger partial charge is 0.0409 e. The molecule has 0 atom stereocenters. The molecule has 13 heavy (non-hydrogen) atoms. The van der Waals surface area contributed by atoms with Gasteiger partial charge in [-0.25, -0.2) is 0 Å². The molecule has 2 rings (SSSR count). The Morgan fingerprint density at radius 3 is 3.15 bits per heavy atom. The van der Waals surface area contributed by atoms with E-state index in [0.717, 1.165) is 13.0 Å². The maximum atomic E-state index is 3.95. The number of fused-ring (bicyclic) bond motifs is 1. The first kappa shape index (κ1) is 8.36. The largest absolute Gasteiger partial charge is 0.384 e. The fraction of sp³-hybridized carbons (Fsp3) is 0.333. The van der Waals surface area contributed by atoms with Crippen LogP contribution in [0.1, 0.15) is 18.1 Å². The maximum absolute atomic E-state index is 3.95. The molecule has 0 saturated heterocycles. The molecule has 1 nitrogen and oxygen atoms in total. The zero-order valence-corrected chi connectivity index (χ0v) is 8.06. The third kappa shape index (κ3) is 1.59. The van der Waals surface area contributed by atoms with E-state index in [1.165, 1.54) is 28.8 Å². The molecule has 0 unspecified atom stereocenters. The molecular weight excluding hydrogens is 158 g/mol. The van der Waals surface area contributed by atoms with Crippen LogP contribution in [0.25, 0.3) is 0 Å². The lowest BCUT2D eigenvalue weighted by Gasteiger charge is -2.07. The van der Waals surface area contributed by atoms with Crippen LogP contribution >= 0.6 is 0 Å². The topological polar surface area (TPSA) is 12.0 Å². The molecule has 1 N–H and O–H groups in total. The second kappa shape index (κ2) is 3.25.